The van der Waals surface area contributed by atoms with Crippen molar-refractivity contribution < 1.29 is 8.42 Å². The molecule has 1 saturated heterocycles. The first-order chi connectivity index (χ1) is 10.1. The summed E-state index contributed by atoms with van der Waals surface area (Å²) >= 11 is 0. The van der Waals surface area contributed by atoms with Crippen molar-refractivity contribution >= 4 is 21.2 Å². The number of hydrogen-bond acceptors (Lipinski definition) is 4. The van der Waals surface area contributed by atoms with E-state index < -0.39 is 9.84 Å². The molecule has 2 aliphatic rings. The quantitative estimate of drug-likeness (QED) is 0.929. The van der Waals surface area contributed by atoms with Crippen molar-refractivity contribution in [3.05, 3.63) is 24.3 Å². The van der Waals surface area contributed by atoms with Crippen LogP contribution in [0.5, 0.6) is 0 Å². The Hall–Kier alpha value is -1.23. The molecule has 0 aromatic heterocycles. The van der Waals surface area contributed by atoms with Crippen molar-refractivity contribution in [2.24, 2.45) is 0 Å². The first kappa shape index (κ1) is 14.7. The van der Waals surface area contributed by atoms with Gasteiger partial charge in [0.05, 0.1) is 16.6 Å². The molecule has 1 aromatic carbocycles. The molecule has 4 nitrogen and oxygen atoms in total. The second kappa shape index (κ2) is 5.87. The first-order valence-corrected chi connectivity index (χ1v) is 9.80. The van der Waals surface area contributed by atoms with Gasteiger partial charge in [-0.15, -0.1) is 0 Å². The fourth-order valence-electron chi connectivity index (χ4n) is 3.63. The molecule has 5 heteroatoms. The Labute approximate surface area is 127 Å². The maximum atomic E-state index is 11.9. The van der Waals surface area contributed by atoms with Gasteiger partial charge in [-0.05, 0) is 44.2 Å². The highest BCUT2D eigenvalue weighted by molar-refractivity contribution is 7.91. The molecule has 1 aliphatic carbocycles. The standard InChI is InChI=1S/C16H24N2O2S/c1-21(19,20)16-10-6-8-14(16)17-13-7-2-3-9-15(13)18-11-4-5-12-18/h2-3,7,9,14,16-17H,4-6,8,10-12H2,1H3. The molecular weight excluding hydrogens is 284 g/mol. The summed E-state index contributed by atoms with van der Waals surface area (Å²) in [5.74, 6) is 0. The highest BCUT2D eigenvalue weighted by atomic mass is 32.2. The van der Waals surface area contributed by atoms with Crippen molar-refractivity contribution in [3.8, 4) is 0 Å². The zero-order valence-electron chi connectivity index (χ0n) is 12.6. The highest BCUT2D eigenvalue weighted by Crippen LogP contribution is 2.33. The third kappa shape index (κ3) is 3.18. The summed E-state index contributed by atoms with van der Waals surface area (Å²) in [6.45, 7) is 2.19. The lowest BCUT2D eigenvalue weighted by atomic mass is 10.2. The molecule has 1 aliphatic heterocycles. The Balaban J connectivity index is 1.81. The molecule has 1 N–H and O–H groups in total. The van der Waals surface area contributed by atoms with E-state index in [1.54, 1.807) is 0 Å². The maximum absolute atomic E-state index is 11.9. The number of hydrogen-bond donors (Lipinski definition) is 1. The van der Waals surface area contributed by atoms with Gasteiger partial charge in [0.2, 0.25) is 0 Å². The van der Waals surface area contributed by atoms with Crippen molar-refractivity contribution in [1.29, 1.82) is 0 Å². The first-order valence-electron chi connectivity index (χ1n) is 7.85. The summed E-state index contributed by atoms with van der Waals surface area (Å²) < 4.78 is 23.8. The average molecular weight is 308 g/mol. The van der Waals surface area contributed by atoms with Crippen molar-refractivity contribution in [2.75, 3.05) is 29.6 Å². The van der Waals surface area contributed by atoms with Crippen LogP contribution in [-0.4, -0.2) is 39.1 Å². The molecule has 1 heterocycles. The molecule has 0 amide bonds. The molecule has 2 fully saturated rings. The molecule has 0 bridgehead atoms. The normalized spacial score (nSPS) is 26.2. The minimum Gasteiger partial charge on any atom is -0.379 e. The predicted octanol–water partition coefficient (Wildman–Crippen LogP) is 2.66. The van der Waals surface area contributed by atoms with Gasteiger partial charge in [0, 0.05) is 25.4 Å². The maximum Gasteiger partial charge on any atom is 0.152 e. The molecular formula is C16H24N2O2S. The van der Waals surface area contributed by atoms with Gasteiger partial charge in [-0.2, -0.15) is 0 Å². The largest absolute Gasteiger partial charge is 0.379 e. The Morgan fingerprint density at radius 3 is 2.52 bits per heavy atom. The Kier molecular flexibility index (Phi) is 4.11. The molecule has 1 aromatic rings. The summed E-state index contributed by atoms with van der Waals surface area (Å²) in [6.07, 6.45) is 6.55. The molecule has 21 heavy (non-hydrogen) atoms. The summed E-state index contributed by atoms with van der Waals surface area (Å²) in [6, 6.07) is 8.33. The van der Waals surface area contributed by atoms with E-state index in [0.29, 0.717) is 0 Å². The lowest BCUT2D eigenvalue weighted by molar-refractivity contribution is 0.579. The lowest BCUT2D eigenvalue weighted by Gasteiger charge is -2.26. The summed E-state index contributed by atoms with van der Waals surface area (Å²) in [5.41, 5.74) is 2.30. The van der Waals surface area contributed by atoms with E-state index in [-0.39, 0.29) is 11.3 Å². The van der Waals surface area contributed by atoms with Gasteiger partial charge in [-0.1, -0.05) is 12.1 Å². The van der Waals surface area contributed by atoms with Gasteiger partial charge in [0.1, 0.15) is 0 Å². The van der Waals surface area contributed by atoms with Crippen LogP contribution < -0.4 is 10.2 Å². The van der Waals surface area contributed by atoms with Gasteiger partial charge < -0.3 is 10.2 Å². The number of para-hydroxylation sites is 2. The van der Waals surface area contributed by atoms with E-state index >= 15 is 0 Å². The Morgan fingerprint density at radius 2 is 1.81 bits per heavy atom. The summed E-state index contributed by atoms with van der Waals surface area (Å²) in [4.78, 5) is 2.40. The summed E-state index contributed by atoms with van der Waals surface area (Å²) in [5, 5.41) is 3.28. The average Bonchev–Trinajstić information content (AvgIpc) is 3.09. The van der Waals surface area contributed by atoms with E-state index in [0.717, 1.165) is 38.0 Å². The third-order valence-corrected chi connectivity index (χ3v) is 6.36. The van der Waals surface area contributed by atoms with E-state index in [2.05, 4.69) is 28.4 Å². The van der Waals surface area contributed by atoms with Crippen LogP contribution >= 0.6 is 0 Å². The predicted molar refractivity (Wildman–Crippen MR) is 87.8 cm³/mol. The highest BCUT2D eigenvalue weighted by Gasteiger charge is 2.35. The number of anilines is 2. The van der Waals surface area contributed by atoms with Crippen molar-refractivity contribution in [2.45, 2.75) is 43.4 Å². The number of sulfone groups is 1. The zero-order chi connectivity index (χ0) is 14.9. The van der Waals surface area contributed by atoms with Crippen LogP contribution in [-0.2, 0) is 9.84 Å². The van der Waals surface area contributed by atoms with Crippen LogP contribution in [0.15, 0.2) is 24.3 Å². The number of nitrogens with one attached hydrogen (secondary N) is 1. The molecule has 2 unspecified atom stereocenters. The molecule has 3 rings (SSSR count). The molecule has 0 radical (unpaired) electrons. The Bertz CT molecular complexity index is 594. The summed E-state index contributed by atoms with van der Waals surface area (Å²) in [7, 11) is -2.98. The zero-order valence-corrected chi connectivity index (χ0v) is 13.4. The molecule has 1 saturated carbocycles. The van der Waals surface area contributed by atoms with Gasteiger partial charge in [0.15, 0.2) is 9.84 Å². The minimum absolute atomic E-state index is 0.0451. The van der Waals surface area contributed by atoms with Gasteiger partial charge in [-0.3, -0.25) is 0 Å². The Morgan fingerprint density at radius 1 is 1.10 bits per heavy atom. The monoisotopic (exact) mass is 308 g/mol. The van der Waals surface area contributed by atoms with Crippen LogP contribution in [0.1, 0.15) is 32.1 Å². The van der Waals surface area contributed by atoms with Crippen LogP contribution in [0, 0.1) is 0 Å². The van der Waals surface area contributed by atoms with Gasteiger partial charge in [-0.25, -0.2) is 8.42 Å². The smallest absolute Gasteiger partial charge is 0.152 e. The van der Waals surface area contributed by atoms with Crippen LogP contribution in [0.3, 0.4) is 0 Å². The van der Waals surface area contributed by atoms with Gasteiger partial charge >= 0.3 is 0 Å². The number of nitrogens with zero attached hydrogens (tertiary/aromatic N) is 1. The van der Waals surface area contributed by atoms with Gasteiger partial charge in [0.25, 0.3) is 0 Å². The van der Waals surface area contributed by atoms with Crippen molar-refractivity contribution in [1.82, 2.24) is 0 Å². The lowest BCUT2D eigenvalue weighted by Crippen LogP contribution is -2.35. The molecule has 0 spiro atoms. The van der Waals surface area contributed by atoms with Crippen LogP contribution in [0.25, 0.3) is 0 Å². The van der Waals surface area contributed by atoms with Crippen LogP contribution in [0.4, 0.5) is 11.4 Å². The fourth-order valence-corrected chi connectivity index (χ4v) is 5.03. The number of benzene rings is 1. The second-order valence-electron chi connectivity index (χ2n) is 6.26. The van der Waals surface area contributed by atoms with Crippen LogP contribution in [0.2, 0.25) is 0 Å². The van der Waals surface area contributed by atoms with E-state index in [1.807, 2.05) is 6.07 Å². The molecule has 116 valence electrons. The SMILES string of the molecule is CS(=O)(=O)C1CCCC1Nc1ccccc1N1CCCC1. The topological polar surface area (TPSA) is 49.4 Å². The number of rotatable bonds is 4. The van der Waals surface area contributed by atoms with E-state index in [4.69, 9.17) is 0 Å². The fraction of sp³-hybridized carbons (Fsp3) is 0.625. The third-order valence-electron chi connectivity index (χ3n) is 4.69. The van der Waals surface area contributed by atoms with E-state index in [1.165, 1.54) is 24.8 Å². The second-order valence-corrected chi connectivity index (χ2v) is 8.53. The van der Waals surface area contributed by atoms with Crippen molar-refractivity contribution in [3.63, 3.8) is 0 Å². The molecule has 2 atom stereocenters. The minimum atomic E-state index is -2.98. The van der Waals surface area contributed by atoms with E-state index in [9.17, 15) is 8.42 Å².